The molecule has 0 saturated heterocycles. The van der Waals surface area contributed by atoms with E-state index in [0.29, 0.717) is 11.4 Å². The number of H-pyrrole nitrogens is 1. The number of nitrogens with zero attached hydrogens (tertiary/aromatic N) is 1. The normalized spacial score (nSPS) is 13.2. The lowest BCUT2D eigenvalue weighted by atomic mass is 9.95. The number of esters is 1. The number of aromatic amines is 1. The van der Waals surface area contributed by atoms with E-state index in [-0.39, 0.29) is 13.0 Å². The Balaban J connectivity index is 2.34. The van der Waals surface area contributed by atoms with Crippen molar-refractivity contribution in [2.75, 3.05) is 11.9 Å². The molecule has 0 bridgehead atoms. The summed E-state index contributed by atoms with van der Waals surface area (Å²) in [6, 6.07) is 1.78. The summed E-state index contributed by atoms with van der Waals surface area (Å²) in [5.41, 5.74) is 2.32. The maximum atomic E-state index is 12.1. The number of rotatable bonds is 4. The van der Waals surface area contributed by atoms with Crippen molar-refractivity contribution in [1.82, 2.24) is 4.98 Å². The number of hydrogen-bond acceptors (Lipinski definition) is 4. The van der Waals surface area contributed by atoms with Crippen LogP contribution in [0.1, 0.15) is 47.8 Å². The summed E-state index contributed by atoms with van der Waals surface area (Å²) in [6.45, 7) is 2.02. The van der Waals surface area contributed by atoms with Gasteiger partial charge in [0.15, 0.2) is 0 Å². The van der Waals surface area contributed by atoms with Crippen LogP contribution < -0.4 is 5.32 Å². The van der Waals surface area contributed by atoms with Gasteiger partial charge in [-0.2, -0.15) is 5.26 Å². The van der Waals surface area contributed by atoms with Crippen molar-refractivity contribution in [2.24, 2.45) is 0 Å². The van der Waals surface area contributed by atoms with Crippen LogP contribution in [-0.4, -0.2) is 23.5 Å². The Morgan fingerprint density at radius 3 is 2.85 bits per heavy atom. The Labute approximate surface area is 117 Å². The molecular formula is C14H17N3O3. The van der Waals surface area contributed by atoms with E-state index in [1.54, 1.807) is 13.0 Å². The van der Waals surface area contributed by atoms with Crippen LogP contribution in [0.4, 0.5) is 5.82 Å². The number of ether oxygens (including phenoxy) is 1. The number of nitrogens with one attached hydrogen (secondary N) is 2. The third-order valence-corrected chi connectivity index (χ3v) is 3.28. The number of carbonyl (C=O) groups excluding carboxylic acids is 2. The van der Waals surface area contributed by atoms with Crippen molar-refractivity contribution >= 4 is 17.7 Å². The SMILES string of the molecule is CCOC(=O)c1c(NC(=O)CC#N)[nH]c2c1CCCC2. The third kappa shape index (κ3) is 2.82. The molecule has 6 heteroatoms. The molecule has 1 aliphatic rings. The molecule has 2 N–H and O–H groups in total. The maximum absolute atomic E-state index is 12.1. The van der Waals surface area contributed by atoms with Crippen molar-refractivity contribution < 1.29 is 14.3 Å². The molecule has 106 valence electrons. The fourth-order valence-electron chi connectivity index (χ4n) is 2.46. The van der Waals surface area contributed by atoms with Crippen LogP contribution >= 0.6 is 0 Å². The number of aryl methyl sites for hydroxylation is 1. The van der Waals surface area contributed by atoms with Crippen molar-refractivity contribution in [1.29, 1.82) is 5.26 Å². The van der Waals surface area contributed by atoms with Crippen molar-refractivity contribution in [3.05, 3.63) is 16.8 Å². The largest absolute Gasteiger partial charge is 0.462 e. The molecule has 1 aliphatic carbocycles. The van der Waals surface area contributed by atoms with Gasteiger partial charge in [0, 0.05) is 5.69 Å². The fourth-order valence-corrected chi connectivity index (χ4v) is 2.46. The predicted octanol–water partition coefficient (Wildman–Crippen LogP) is 1.92. The summed E-state index contributed by atoms with van der Waals surface area (Å²) < 4.78 is 5.06. The highest BCUT2D eigenvalue weighted by Gasteiger charge is 2.26. The summed E-state index contributed by atoms with van der Waals surface area (Å²) in [6.07, 6.45) is 3.49. The second-order valence-corrected chi connectivity index (χ2v) is 4.64. The molecule has 20 heavy (non-hydrogen) atoms. The first-order valence-corrected chi connectivity index (χ1v) is 6.75. The van der Waals surface area contributed by atoms with Crippen molar-refractivity contribution in [2.45, 2.75) is 39.0 Å². The molecule has 0 atom stereocenters. The summed E-state index contributed by atoms with van der Waals surface area (Å²) >= 11 is 0. The minimum absolute atomic E-state index is 0.244. The molecule has 1 aromatic rings. The summed E-state index contributed by atoms with van der Waals surface area (Å²) in [7, 11) is 0. The fraction of sp³-hybridized carbons (Fsp3) is 0.500. The molecule has 0 fully saturated rings. The average Bonchev–Trinajstić information content (AvgIpc) is 2.76. The van der Waals surface area contributed by atoms with Crippen molar-refractivity contribution in [3.8, 4) is 6.07 Å². The van der Waals surface area contributed by atoms with Crippen molar-refractivity contribution in [3.63, 3.8) is 0 Å². The molecule has 6 nitrogen and oxygen atoms in total. The number of carbonyl (C=O) groups is 2. The lowest BCUT2D eigenvalue weighted by Gasteiger charge is -2.12. The van der Waals surface area contributed by atoms with Crippen LogP contribution in [0.25, 0.3) is 0 Å². The van der Waals surface area contributed by atoms with Crippen LogP contribution in [0.15, 0.2) is 0 Å². The topological polar surface area (TPSA) is 95.0 Å². The molecule has 1 amide bonds. The first-order valence-electron chi connectivity index (χ1n) is 6.75. The minimum atomic E-state index is -0.434. The van der Waals surface area contributed by atoms with Gasteiger partial charge in [-0.15, -0.1) is 0 Å². The highest BCUT2D eigenvalue weighted by molar-refractivity contribution is 6.02. The molecule has 0 aromatic carbocycles. The van der Waals surface area contributed by atoms with E-state index in [0.717, 1.165) is 36.9 Å². The smallest absolute Gasteiger partial charge is 0.342 e. The Morgan fingerprint density at radius 2 is 2.15 bits per heavy atom. The minimum Gasteiger partial charge on any atom is -0.462 e. The monoisotopic (exact) mass is 275 g/mol. The molecule has 1 heterocycles. The van der Waals surface area contributed by atoms with Gasteiger partial charge < -0.3 is 15.0 Å². The third-order valence-electron chi connectivity index (χ3n) is 3.28. The Morgan fingerprint density at radius 1 is 1.40 bits per heavy atom. The molecule has 1 aromatic heterocycles. The van der Waals surface area contributed by atoms with Crippen LogP contribution in [0, 0.1) is 11.3 Å². The van der Waals surface area contributed by atoms with E-state index in [4.69, 9.17) is 10.00 Å². The summed E-state index contributed by atoms with van der Waals surface area (Å²) in [5.74, 6) is -0.508. The van der Waals surface area contributed by atoms with Crippen LogP contribution in [0.2, 0.25) is 0 Å². The van der Waals surface area contributed by atoms with E-state index in [1.165, 1.54) is 0 Å². The van der Waals surface area contributed by atoms with Gasteiger partial charge >= 0.3 is 5.97 Å². The van der Waals surface area contributed by atoms with Gasteiger partial charge in [-0.3, -0.25) is 4.79 Å². The van der Waals surface area contributed by atoms with Gasteiger partial charge in [0.25, 0.3) is 0 Å². The van der Waals surface area contributed by atoms with E-state index in [9.17, 15) is 9.59 Å². The maximum Gasteiger partial charge on any atom is 0.342 e. The van der Waals surface area contributed by atoms with Gasteiger partial charge in [-0.1, -0.05) is 0 Å². The zero-order valence-corrected chi connectivity index (χ0v) is 11.4. The van der Waals surface area contributed by atoms with Gasteiger partial charge in [-0.05, 0) is 38.2 Å². The Hall–Kier alpha value is -2.29. The number of anilines is 1. The van der Waals surface area contributed by atoms with Gasteiger partial charge in [-0.25, -0.2) is 4.79 Å². The number of nitriles is 1. The molecule has 0 unspecified atom stereocenters. The zero-order valence-electron chi connectivity index (χ0n) is 11.4. The number of amides is 1. The first kappa shape index (κ1) is 14.1. The zero-order chi connectivity index (χ0) is 14.5. The molecule has 0 aliphatic heterocycles. The number of aromatic nitrogens is 1. The van der Waals surface area contributed by atoms with Gasteiger partial charge in [0.1, 0.15) is 17.8 Å². The Kier molecular flexibility index (Phi) is 4.41. The lowest BCUT2D eigenvalue weighted by Crippen LogP contribution is -2.15. The lowest BCUT2D eigenvalue weighted by molar-refractivity contribution is -0.115. The summed E-state index contributed by atoms with van der Waals surface area (Å²) in [4.78, 5) is 26.7. The van der Waals surface area contributed by atoms with E-state index >= 15 is 0 Å². The van der Waals surface area contributed by atoms with Gasteiger partial charge in [0.2, 0.25) is 5.91 Å². The Bertz CT molecular complexity index is 569. The van der Waals surface area contributed by atoms with E-state index in [1.807, 2.05) is 0 Å². The highest BCUT2D eigenvalue weighted by atomic mass is 16.5. The second-order valence-electron chi connectivity index (χ2n) is 4.64. The van der Waals surface area contributed by atoms with Crippen LogP contribution in [-0.2, 0) is 22.4 Å². The van der Waals surface area contributed by atoms with Gasteiger partial charge in [0.05, 0.1) is 12.7 Å². The number of fused-ring (bicyclic) bond motifs is 1. The second kappa shape index (κ2) is 6.24. The molecule has 2 rings (SSSR count). The van der Waals surface area contributed by atoms with E-state index < -0.39 is 11.9 Å². The molecule has 0 saturated carbocycles. The highest BCUT2D eigenvalue weighted by Crippen LogP contribution is 2.30. The first-order chi connectivity index (χ1) is 9.67. The molecular weight excluding hydrogens is 258 g/mol. The summed E-state index contributed by atoms with van der Waals surface area (Å²) in [5, 5.41) is 11.1. The quantitative estimate of drug-likeness (QED) is 0.821. The average molecular weight is 275 g/mol. The van der Waals surface area contributed by atoms with Crippen LogP contribution in [0.3, 0.4) is 0 Å². The van der Waals surface area contributed by atoms with E-state index in [2.05, 4.69) is 10.3 Å². The standard InChI is InChI=1S/C14H17N3O3/c1-2-20-14(19)12-9-5-3-4-6-10(9)16-13(12)17-11(18)7-8-15/h16H,2-7H2,1H3,(H,17,18). The molecule has 0 radical (unpaired) electrons. The van der Waals surface area contributed by atoms with Crippen LogP contribution in [0.5, 0.6) is 0 Å². The predicted molar refractivity (Wildman–Crippen MR) is 72.3 cm³/mol. The number of hydrogen-bond donors (Lipinski definition) is 2. The molecule has 0 spiro atoms.